The van der Waals surface area contributed by atoms with Gasteiger partial charge in [-0.15, -0.1) is 5.10 Å². The van der Waals surface area contributed by atoms with Crippen molar-refractivity contribution in [3.63, 3.8) is 0 Å². The monoisotopic (exact) mass is 346 g/mol. The number of amides is 2. The average molecular weight is 346 g/mol. The van der Waals surface area contributed by atoms with Crippen molar-refractivity contribution in [3.05, 3.63) is 34.6 Å². The fourth-order valence-electron chi connectivity index (χ4n) is 2.52. The fourth-order valence-corrected chi connectivity index (χ4v) is 3.42. The molecule has 0 saturated carbocycles. The second-order valence-corrected chi connectivity index (χ2v) is 6.36. The first-order chi connectivity index (χ1) is 11.6. The first-order valence-corrected chi connectivity index (χ1v) is 8.45. The highest BCUT2D eigenvalue weighted by Gasteiger charge is 2.24. The van der Waals surface area contributed by atoms with Gasteiger partial charge >= 0.3 is 0 Å². The zero-order chi connectivity index (χ0) is 17.1. The number of carbonyl (C=O) groups excluding carboxylic acids is 2. The number of aromatic nitrogens is 2. The lowest BCUT2D eigenvalue weighted by Crippen LogP contribution is -2.31. The number of ether oxygens (including phenoxy) is 1. The second-order valence-electron chi connectivity index (χ2n) is 5.45. The standard InChI is InChI=1S/C16H18N4O3S/c1-11(21)17-15-14(16(22)19-9-3-4-10-19)18-20(24-15)12-5-7-13(23-2)8-6-12/h5-8H,3-4,9-10H2,1-2H3. The molecular weight excluding hydrogens is 328 g/mol. The van der Waals surface area contributed by atoms with Crippen molar-refractivity contribution in [2.75, 3.05) is 20.2 Å². The van der Waals surface area contributed by atoms with E-state index in [4.69, 9.17) is 4.74 Å². The van der Waals surface area contributed by atoms with Crippen molar-refractivity contribution in [1.29, 1.82) is 0 Å². The molecule has 0 spiro atoms. The third-order valence-corrected chi connectivity index (χ3v) is 4.64. The van der Waals surface area contributed by atoms with Crippen LogP contribution in [0.4, 0.5) is 0 Å². The molecule has 1 aliphatic heterocycles. The molecule has 126 valence electrons. The van der Waals surface area contributed by atoms with Crippen LogP contribution in [-0.2, 0) is 4.79 Å². The molecule has 2 aromatic rings. The summed E-state index contributed by atoms with van der Waals surface area (Å²) in [5.74, 6) is 0.213. The Labute approximate surface area is 143 Å². The second kappa shape index (κ2) is 6.96. The van der Waals surface area contributed by atoms with Crippen LogP contribution >= 0.6 is 11.5 Å². The molecule has 1 aromatic heterocycles. The lowest BCUT2D eigenvalue weighted by atomic mass is 10.3. The SMILES string of the molecule is COc1ccc(-n2nc(C(=O)N3CCCC3)c(=NC(C)=O)s2)cc1. The maximum atomic E-state index is 12.7. The van der Waals surface area contributed by atoms with E-state index in [1.807, 2.05) is 24.3 Å². The minimum Gasteiger partial charge on any atom is -0.497 e. The van der Waals surface area contributed by atoms with Gasteiger partial charge in [0.05, 0.1) is 12.8 Å². The largest absolute Gasteiger partial charge is 0.497 e. The summed E-state index contributed by atoms with van der Waals surface area (Å²) in [7, 11) is 1.60. The molecule has 0 bridgehead atoms. The molecule has 2 heterocycles. The van der Waals surface area contributed by atoms with Crippen LogP contribution in [0.2, 0.25) is 0 Å². The van der Waals surface area contributed by atoms with Crippen molar-refractivity contribution < 1.29 is 14.3 Å². The maximum absolute atomic E-state index is 12.7. The molecular formula is C16H18N4O3S. The van der Waals surface area contributed by atoms with Gasteiger partial charge in [-0.05, 0) is 48.6 Å². The third kappa shape index (κ3) is 3.38. The number of methoxy groups -OCH3 is 1. The number of hydrogen-bond acceptors (Lipinski definition) is 5. The summed E-state index contributed by atoms with van der Waals surface area (Å²) >= 11 is 1.17. The topological polar surface area (TPSA) is 76.8 Å². The smallest absolute Gasteiger partial charge is 0.277 e. The molecule has 0 unspecified atom stereocenters. The van der Waals surface area contributed by atoms with Gasteiger partial charge in [0.15, 0.2) is 10.4 Å². The van der Waals surface area contributed by atoms with Crippen LogP contribution in [-0.4, -0.2) is 46.1 Å². The van der Waals surface area contributed by atoms with Crippen LogP contribution in [0, 0.1) is 0 Å². The summed E-state index contributed by atoms with van der Waals surface area (Å²) in [6, 6.07) is 7.30. The average Bonchev–Trinajstić information content (AvgIpc) is 3.24. The van der Waals surface area contributed by atoms with E-state index >= 15 is 0 Å². The highest BCUT2D eigenvalue weighted by Crippen LogP contribution is 2.16. The number of carbonyl (C=O) groups is 2. The van der Waals surface area contributed by atoms with Crippen LogP contribution in [0.5, 0.6) is 5.75 Å². The molecule has 0 N–H and O–H groups in total. The van der Waals surface area contributed by atoms with Crippen molar-refractivity contribution >= 4 is 23.3 Å². The Hall–Kier alpha value is -2.48. The normalized spacial score (nSPS) is 14.9. The quantitative estimate of drug-likeness (QED) is 0.846. The predicted octanol–water partition coefficient (Wildman–Crippen LogP) is 1.63. The summed E-state index contributed by atoms with van der Waals surface area (Å²) in [4.78, 5) is 29.8. The van der Waals surface area contributed by atoms with Gasteiger partial charge in [-0.2, -0.15) is 9.06 Å². The number of hydrogen-bond donors (Lipinski definition) is 0. The summed E-state index contributed by atoms with van der Waals surface area (Å²) in [5.41, 5.74) is 1.01. The van der Waals surface area contributed by atoms with Crippen LogP contribution in [0.15, 0.2) is 29.3 Å². The van der Waals surface area contributed by atoms with E-state index < -0.39 is 0 Å². The van der Waals surface area contributed by atoms with Crippen LogP contribution < -0.4 is 9.41 Å². The Morgan fingerprint density at radius 1 is 1.21 bits per heavy atom. The maximum Gasteiger partial charge on any atom is 0.277 e. The van der Waals surface area contributed by atoms with E-state index in [-0.39, 0.29) is 17.5 Å². The summed E-state index contributed by atoms with van der Waals surface area (Å²) in [6.45, 7) is 2.80. The third-order valence-electron chi connectivity index (χ3n) is 3.71. The fraction of sp³-hybridized carbons (Fsp3) is 0.375. The van der Waals surface area contributed by atoms with Crippen molar-refractivity contribution in [2.45, 2.75) is 19.8 Å². The molecule has 0 atom stereocenters. The van der Waals surface area contributed by atoms with Gasteiger partial charge in [0, 0.05) is 20.0 Å². The summed E-state index contributed by atoms with van der Waals surface area (Å²) < 4.78 is 7.09. The Kier molecular flexibility index (Phi) is 4.75. The number of benzene rings is 1. The van der Waals surface area contributed by atoms with Crippen molar-refractivity contribution in [2.24, 2.45) is 4.99 Å². The van der Waals surface area contributed by atoms with Gasteiger partial charge in [-0.3, -0.25) is 9.59 Å². The van der Waals surface area contributed by atoms with Crippen LogP contribution in [0.3, 0.4) is 0 Å². The molecule has 7 nitrogen and oxygen atoms in total. The molecule has 1 saturated heterocycles. The minimum absolute atomic E-state index is 0.170. The molecule has 0 aliphatic carbocycles. The molecule has 2 amide bonds. The van der Waals surface area contributed by atoms with Gasteiger partial charge in [-0.1, -0.05) is 0 Å². The number of rotatable bonds is 3. The van der Waals surface area contributed by atoms with Gasteiger partial charge < -0.3 is 9.64 Å². The summed E-state index contributed by atoms with van der Waals surface area (Å²) in [5, 5.41) is 4.39. The van der Waals surface area contributed by atoms with E-state index in [9.17, 15) is 9.59 Å². The number of nitrogens with zero attached hydrogens (tertiary/aromatic N) is 4. The van der Waals surface area contributed by atoms with E-state index in [0.717, 1.165) is 37.4 Å². The van der Waals surface area contributed by atoms with Gasteiger partial charge in [0.25, 0.3) is 5.91 Å². The molecule has 1 fully saturated rings. The van der Waals surface area contributed by atoms with E-state index in [1.165, 1.54) is 18.5 Å². The van der Waals surface area contributed by atoms with Crippen LogP contribution in [0.25, 0.3) is 5.69 Å². The Morgan fingerprint density at radius 3 is 2.46 bits per heavy atom. The van der Waals surface area contributed by atoms with Gasteiger partial charge in [0.2, 0.25) is 5.91 Å². The minimum atomic E-state index is -0.351. The highest BCUT2D eigenvalue weighted by molar-refractivity contribution is 7.04. The van der Waals surface area contributed by atoms with Gasteiger partial charge in [0.1, 0.15) is 5.75 Å². The Morgan fingerprint density at radius 2 is 1.88 bits per heavy atom. The summed E-state index contributed by atoms with van der Waals surface area (Å²) in [6.07, 6.45) is 1.99. The highest BCUT2D eigenvalue weighted by atomic mass is 32.1. The Balaban J connectivity index is 2.02. The van der Waals surface area contributed by atoms with E-state index in [1.54, 1.807) is 16.1 Å². The molecule has 3 rings (SSSR count). The molecule has 0 radical (unpaired) electrons. The van der Waals surface area contributed by atoms with E-state index in [2.05, 4.69) is 10.1 Å². The molecule has 8 heteroatoms. The van der Waals surface area contributed by atoms with E-state index in [0.29, 0.717) is 4.67 Å². The van der Waals surface area contributed by atoms with Crippen molar-refractivity contribution in [1.82, 2.24) is 14.1 Å². The number of likely N-dealkylation sites (tertiary alicyclic amines) is 1. The van der Waals surface area contributed by atoms with Gasteiger partial charge in [-0.25, -0.2) is 0 Å². The molecule has 24 heavy (non-hydrogen) atoms. The first-order valence-electron chi connectivity index (χ1n) is 7.68. The zero-order valence-electron chi connectivity index (χ0n) is 13.6. The molecule has 1 aliphatic rings. The predicted molar refractivity (Wildman–Crippen MR) is 89.4 cm³/mol. The lowest BCUT2D eigenvalue weighted by molar-refractivity contribution is -0.116. The van der Waals surface area contributed by atoms with Crippen molar-refractivity contribution in [3.8, 4) is 11.4 Å². The van der Waals surface area contributed by atoms with Crippen LogP contribution in [0.1, 0.15) is 30.3 Å². The first kappa shape index (κ1) is 16.4. The lowest BCUT2D eigenvalue weighted by Gasteiger charge is -2.12. The zero-order valence-corrected chi connectivity index (χ0v) is 14.4. The molecule has 1 aromatic carbocycles. The Bertz CT molecular complexity index is 817.